The molecule has 0 radical (unpaired) electrons. The fraction of sp³-hybridized carbons (Fsp3) is 0.400. The highest BCUT2D eigenvalue weighted by Gasteiger charge is 2.06. The van der Waals surface area contributed by atoms with Crippen LogP contribution in [0.1, 0.15) is 24.3 Å². The number of hydrogen-bond donors (Lipinski definition) is 1. The third-order valence-corrected chi connectivity index (χ3v) is 3.80. The van der Waals surface area contributed by atoms with Crippen LogP contribution in [0.3, 0.4) is 0 Å². The summed E-state index contributed by atoms with van der Waals surface area (Å²) < 4.78 is 5.63. The van der Waals surface area contributed by atoms with E-state index in [2.05, 4.69) is 24.1 Å². The summed E-state index contributed by atoms with van der Waals surface area (Å²) in [5, 5.41) is 5.95. The number of aromatic nitrogens is 1. The monoisotopic (exact) mass is 310 g/mol. The minimum absolute atomic E-state index is 0.493. The number of pyridine rings is 1. The molecule has 0 fully saturated rings. The average molecular weight is 311 g/mol. The van der Waals surface area contributed by atoms with E-state index in [4.69, 9.17) is 16.3 Å². The maximum absolute atomic E-state index is 6.20. The molecule has 5 heteroatoms. The van der Waals surface area contributed by atoms with E-state index in [1.54, 1.807) is 11.3 Å². The Kier molecular flexibility index (Phi) is 5.83. The van der Waals surface area contributed by atoms with Crippen LogP contribution in [0.4, 0.5) is 0 Å². The zero-order valence-electron chi connectivity index (χ0n) is 11.7. The molecule has 0 aliphatic rings. The molecule has 0 atom stereocenters. The molecule has 20 heavy (non-hydrogen) atoms. The van der Waals surface area contributed by atoms with E-state index >= 15 is 0 Å². The molecule has 0 spiro atoms. The van der Waals surface area contributed by atoms with Crippen LogP contribution < -0.4 is 10.1 Å². The zero-order valence-corrected chi connectivity index (χ0v) is 13.3. The molecule has 1 N–H and O–H groups in total. The summed E-state index contributed by atoms with van der Waals surface area (Å²) in [6.07, 6.45) is 1.81. The van der Waals surface area contributed by atoms with E-state index in [0.717, 1.165) is 23.5 Å². The minimum Gasteiger partial charge on any atom is -0.471 e. The molecular weight excluding hydrogens is 292 g/mol. The molecule has 0 amide bonds. The summed E-state index contributed by atoms with van der Waals surface area (Å²) in [5.41, 5.74) is 1.07. The summed E-state index contributed by atoms with van der Waals surface area (Å²) in [6, 6.07) is 5.94. The zero-order chi connectivity index (χ0) is 14.4. The van der Waals surface area contributed by atoms with Gasteiger partial charge in [-0.15, -0.1) is 11.3 Å². The summed E-state index contributed by atoms with van der Waals surface area (Å²) in [7, 11) is 0. The first-order chi connectivity index (χ1) is 9.65. The van der Waals surface area contributed by atoms with Crippen LogP contribution in [0, 0.1) is 5.92 Å². The van der Waals surface area contributed by atoms with Gasteiger partial charge in [-0.2, -0.15) is 0 Å². The maximum atomic E-state index is 6.20. The minimum atomic E-state index is 0.493. The third-order valence-electron chi connectivity index (χ3n) is 2.68. The number of rotatable bonds is 7. The Bertz CT molecular complexity index is 529. The molecule has 108 valence electrons. The van der Waals surface area contributed by atoms with Crippen LogP contribution in [-0.4, -0.2) is 11.5 Å². The van der Waals surface area contributed by atoms with Crippen molar-refractivity contribution in [2.75, 3.05) is 6.54 Å². The first-order valence-electron chi connectivity index (χ1n) is 6.65. The van der Waals surface area contributed by atoms with Gasteiger partial charge in [0.2, 0.25) is 5.88 Å². The van der Waals surface area contributed by atoms with Crippen molar-refractivity contribution in [1.29, 1.82) is 0 Å². The molecule has 0 aromatic carbocycles. The Balaban J connectivity index is 1.88. The SMILES string of the molecule is CC(C)CNCc1cnc(OCc2cccs2)c(Cl)c1. The number of hydrogen-bond acceptors (Lipinski definition) is 4. The van der Waals surface area contributed by atoms with Gasteiger partial charge in [0.05, 0.1) is 0 Å². The topological polar surface area (TPSA) is 34.2 Å². The lowest BCUT2D eigenvalue weighted by molar-refractivity contribution is 0.297. The standard InChI is InChI=1S/C15H19ClN2OS/c1-11(2)7-17-8-12-6-14(16)15(18-9-12)19-10-13-4-3-5-20-13/h3-6,9,11,17H,7-8,10H2,1-2H3. The van der Waals surface area contributed by atoms with Crippen molar-refractivity contribution < 1.29 is 4.74 Å². The van der Waals surface area contributed by atoms with Crippen molar-refractivity contribution >= 4 is 22.9 Å². The van der Waals surface area contributed by atoms with Gasteiger partial charge >= 0.3 is 0 Å². The van der Waals surface area contributed by atoms with Crippen molar-refractivity contribution in [2.24, 2.45) is 5.92 Å². The number of thiophene rings is 1. The van der Waals surface area contributed by atoms with Gasteiger partial charge < -0.3 is 10.1 Å². The number of nitrogens with one attached hydrogen (secondary N) is 1. The summed E-state index contributed by atoms with van der Waals surface area (Å²) in [6.45, 7) is 6.62. The highest BCUT2D eigenvalue weighted by molar-refractivity contribution is 7.09. The maximum Gasteiger partial charge on any atom is 0.232 e. The van der Waals surface area contributed by atoms with Crippen LogP contribution in [-0.2, 0) is 13.2 Å². The second-order valence-corrected chi connectivity index (χ2v) is 6.46. The van der Waals surface area contributed by atoms with Crippen LogP contribution in [0.25, 0.3) is 0 Å². The number of nitrogens with zero attached hydrogens (tertiary/aromatic N) is 1. The molecule has 0 saturated carbocycles. The van der Waals surface area contributed by atoms with Crippen LogP contribution in [0.2, 0.25) is 5.02 Å². The van der Waals surface area contributed by atoms with Gasteiger partial charge in [0.1, 0.15) is 11.6 Å². The lowest BCUT2D eigenvalue weighted by Crippen LogP contribution is -2.19. The predicted octanol–water partition coefficient (Wildman–Crippen LogP) is 4.12. The normalized spacial score (nSPS) is 11.0. The molecule has 2 aromatic rings. The lowest BCUT2D eigenvalue weighted by atomic mass is 10.2. The van der Waals surface area contributed by atoms with Gasteiger partial charge in [-0.05, 0) is 35.5 Å². The van der Waals surface area contributed by atoms with Crippen molar-refractivity contribution in [3.63, 3.8) is 0 Å². The Labute approximate surface area is 129 Å². The van der Waals surface area contributed by atoms with E-state index in [1.807, 2.05) is 29.8 Å². The Morgan fingerprint density at radius 2 is 2.30 bits per heavy atom. The van der Waals surface area contributed by atoms with Crippen LogP contribution >= 0.6 is 22.9 Å². The van der Waals surface area contributed by atoms with Gasteiger partial charge in [-0.3, -0.25) is 0 Å². The van der Waals surface area contributed by atoms with E-state index in [0.29, 0.717) is 23.4 Å². The highest BCUT2D eigenvalue weighted by Crippen LogP contribution is 2.24. The van der Waals surface area contributed by atoms with E-state index in [-0.39, 0.29) is 0 Å². The Hall–Kier alpha value is -1.10. The summed E-state index contributed by atoms with van der Waals surface area (Å²) >= 11 is 7.86. The summed E-state index contributed by atoms with van der Waals surface area (Å²) in [5.74, 6) is 1.12. The van der Waals surface area contributed by atoms with Crippen molar-refractivity contribution in [1.82, 2.24) is 10.3 Å². The van der Waals surface area contributed by atoms with Crippen molar-refractivity contribution in [3.8, 4) is 5.88 Å². The second-order valence-electron chi connectivity index (χ2n) is 5.02. The molecule has 2 heterocycles. The quantitative estimate of drug-likeness (QED) is 0.835. The first kappa shape index (κ1) is 15.3. The largest absolute Gasteiger partial charge is 0.471 e. The van der Waals surface area contributed by atoms with E-state index in [9.17, 15) is 0 Å². The van der Waals surface area contributed by atoms with E-state index < -0.39 is 0 Å². The van der Waals surface area contributed by atoms with Gasteiger partial charge in [0.15, 0.2) is 0 Å². The molecule has 2 aromatic heterocycles. The highest BCUT2D eigenvalue weighted by atomic mass is 35.5. The first-order valence-corrected chi connectivity index (χ1v) is 7.91. The fourth-order valence-electron chi connectivity index (χ4n) is 1.71. The van der Waals surface area contributed by atoms with E-state index in [1.165, 1.54) is 0 Å². The molecule has 0 bridgehead atoms. The molecule has 2 rings (SSSR count). The van der Waals surface area contributed by atoms with Crippen molar-refractivity contribution in [3.05, 3.63) is 45.2 Å². The van der Waals surface area contributed by atoms with Gasteiger partial charge in [0, 0.05) is 17.6 Å². The molecular formula is C15H19ClN2OS. The Morgan fingerprint density at radius 3 is 2.95 bits per heavy atom. The predicted molar refractivity (Wildman–Crippen MR) is 84.4 cm³/mol. The second kappa shape index (κ2) is 7.62. The summed E-state index contributed by atoms with van der Waals surface area (Å²) in [4.78, 5) is 5.44. The number of ether oxygens (including phenoxy) is 1. The molecule has 0 unspecified atom stereocenters. The molecule has 3 nitrogen and oxygen atoms in total. The third kappa shape index (κ3) is 4.78. The lowest BCUT2D eigenvalue weighted by Gasteiger charge is -2.09. The van der Waals surface area contributed by atoms with Crippen molar-refractivity contribution in [2.45, 2.75) is 27.0 Å². The fourth-order valence-corrected chi connectivity index (χ4v) is 2.57. The Morgan fingerprint density at radius 1 is 1.45 bits per heavy atom. The van der Waals surface area contributed by atoms with Gasteiger partial charge in [0.25, 0.3) is 0 Å². The van der Waals surface area contributed by atoms with Crippen LogP contribution in [0.5, 0.6) is 5.88 Å². The van der Waals surface area contributed by atoms with Crippen LogP contribution in [0.15, 0.2) is 29.8 Å². The van der Waals surface area contributed by atoms with Gasteiger partial charge in [-0.1, -0.05) is 31.5 Å². The molecule has 0 aliphatic heterocycles. The van der Waals surface area contributed by atoms with Gasteiger partial charge in [-0.25, -0.2) is 4.98 Å². The smallest absolute Gasteiger partial charge is 0.232 e. The molecule has 0 saturated heterocycles. The number of halogens is 1. The average Bonchev–Trinajstić information content (AvgIpc) is 2.90. The molecule has 0 aliphatic carbocycles.